The van der Waals surface area contributed by atoms with E-state index in [-0.39, 0.29) is 12.4 Å². The van der Waals surface area contributed by atoms with Crippen LogP contribution in [-0.4, -0.2) is 29.4 Å². The van der Waals surface area contributed by atoms with E-state index < -0.39 is 12.0 Å². The number of carbonyl (C=O) groups excluding carboxylic acids is 3. The second kappa shape index (κ2) is 5.77. The van der Waals surface area contributed by atoms with Crippen molar-refractivity contribution in [1.82, 2.24) is 15.8 Å². The first-order valence-electron chi connectivity index (χ1n) is 6.52. The van der Waals surface area contributed by atoms with Crippen LogP contribution in [0.2, 0.25) is 0 Å². The standard InChI is InChI=1S/C13H17N3O4/c1-3-20-13(19)16-15-12(18)11-7(2)10-8(14-11)5-4-6-9(10)17/h14H,3-6H2,1-2H3,(H,15,18)(H,16,19). The lowest BCUT2D eigenvalue weighted by Gasteiger charge is -2.09. The first-order valence-corrected chi connectivity index (χ1v) is 6.52. The van der Waals surface area contributed by atoms with Crippen LogP contribution < -0.4 is 10.9 Å². The Labute approximate surface area is 116 Å². The largest absolute Gasteiger partial charge is 0.449 e. The molecule has 1 aliphatic carbocycles. The number of hydrogen-bond donors (Lipinski definition) is 3. The molecule has 0 saturated heterocycles. The average molecular weight is 279 g/mol. The number of carbonyl (C=O) groups is 3. The number of ether oxygens (including phenoxy) is 1. The van der Waals surface area contributed by atoms with Gasteiger partial charge in [0.2, 0.25) is 0 Å². The van der Waals surface area contributed by atoms with E-state index in [9.17, 15) is 14.4 Å². The van der Waals surface area contributed by atoms with Gasteiger partial charge >= 0.3 is 6.09 Å². The van der Waals surface area contributed by atoms with Gasteiger partial charge in [0.05, 0.1) is 6.61 Å². The van der Waals surface area contributed by atoms with Gasteiger partial charge in [-0.25, -0.2) is 10.2 Å². The van der Waals surface area contributed by atoms with Crippen molar-refractivity contribution in [2.75, 3.05) is 6.61 Å². The number of fused-ring (bicyclic) bond motifs is 1. The first kappa shape index (κ1) is 14.1. The van der Waals surface area contributed by atoms with Crippen LogP contribution in [0.5, 0.6) is 0 Å². The molecule has 0 saturated carbocycles. The molecule has 1 aromatic heterocycles. The van der Waals surface area contributed by atoms with Crippen LogP contribution in [0.3, 0.4) is 0 Å². The Morgan fingerprint density at radius 3 is 2.70 bits per heavy atom. The summed E-state index contributed by atoms with van der Waals surface area (Å²) in [6.45, 7) is 3.60. The zero-order chi connectivity index (χ0) is 14.7. The van der Waals surface area contributed by atoms with E-state index >= 15 is 0 Å². The highest BCUT2D eigenvalue weighted by molar-refractivity contribution is 6.04. The third-order valence-corrected chi connectivity index (χ3v) is 3.22. The molecule has 2 amide bonds. The molecule has 0 radical (unpaired) electrons. The smallest absolute Gasteiger partial charge is 0.426 e. The van der Waals surface area contributed by atoms with Gasteiger partial charge in [-0.2, -0.15) is 0 Å². The van der Waals surface area contributed by atoms with Gasteiger partial charge in [0.25, 0.3) is 5.91 Å². The average Bonchev–Trinajstić information content (AvgIpc) is 2.75. The molecule has 2 rings (SSSR count). The lowest BCUT2D eigenvalue weighted by Crippen LogP contribution is -2.42. The minimum Gasteiger partial charge on any atom is -0.449 e. The fraction of sp³-hybridized carbons (Fsp3) is 0.462. The predicted molar refractivity (Wildman–Crippen MR) is 70.4 cm³/mol. The molecule has 108 valence electrons. The number of aryl methyl sites for hydroxylation is 1. The van der Waals surface area contributed by atoms with Crippen LogP contribution in [0.4, 0.5) is 4.79 Å². The number of H-pyrrole nitrogens is 1. The number of hydrazine groups is 1. The minimum atomic E-state index is -0.731. The van der Waals surface area contributed by atoms with Gasteiger partial charge in [0.15, 0.2) is 5.78 Å². The summed E-state index contributed by atoms with van der Waals surface area (Å²) in [6, 6.07) is 0. The lowest BCUT2D eigenvalue weighted by molar-refractivity contribution is 0.0907. The summed E-state index contributed by atoms with van der Waals surface area (Å²) in [5.74, 6) is -0.449. The molecule has 1 heterocycles. The van der Waals surface area contributed by atoms with E-state index in [1.54, 1.807) is 13.8 Å². The highest BCUT2D eigenvalue weighted by Gasteiger charge is 2.26. The van der Waals surface area contributed by atoms with Crippen LogP contribution in [0.1, 0.15) is 51.9 Å². The highest BCUT2D eigenvalue weighted by Crippen LogP contribution is 2.26. The molecule has 3 N–H and O–H groups in total. The number of aromatic nitrogens is 1. The summed E-state index contributed by atoms with van der Waals surface area (Å²) in [5.41, 5.74) is 6.69. The second-order valence-electron chi connectivity index (χ2n) is 4.55. The number of ketones is 1. The van der Waals surface area contributed by atoms with Crippen molar-refractivity contribution in [2.24, 2.45) is 0 Å². The molecule has 0 atom stereocenters. The highest BCUT2D eigenvalue weighted by atomic mass is 16.5. The zero-order valence-electron chi connectivity index (χ0n) is 11.5. The quantitative estimate of drug-likeness (QED) is 0.709. The van der Waals surface area contributed by atoms with Crippen LogP contribution in [0.25, 0.3) is 0 Å². The number of hydrogen-bond acceptors (Lipinski definition) is 4. The third-order valence-electron chi connectivity index (χ3n) is 3.22. The molecule has 7 heteroatoms. The first-order chi connectivity index (χ1) is 9.54. The maximum absolute atomic E-state index is 12.0. The number of aromatic amines is 1. The third kappa shape index (κ3) is 2.66. The van der Waals surface area contributed by atoms with Crippen LogP contribution in [-0.2, 0) is 11.2 Å². The van der Waals surface area contributed by atoms with Gasteiger partial charge in [-0.15, -0.1) is 0 Å². The Balaban J connectivity index is 2.11. The van der Waals surface area contributed by atoms with Crippen molar-refractivity contribution in [1.29, 1.82) is 0 Å². The monoisotopic (exact) mass is 279 g/mol. The second-order valence-corrected chi connectivity index (χ2v) is 4.55. The number of rotatable bonds is 2. The Morgan fingerprint density at radius 2 is 2.05 bits per heavy atom. The maximum atomic E-state index is 12.0. The van der Waals surface area contributed by atoms with Gasteiger partial charge in [-0.3, -0.25) is 15.0 Å². The molecule has 0 fully saturated rings. The lowest BCUT2D eigenvalue weighted by atomic mass is 9.94. The number of nitrogens with one attached hydrogen (secondary N) is 3. The van der Waals surface area contributed by atoms with Gasteiger partial charge in [0, 0.05) is 17.7 Å². The molecular weight excluding hydrogens is 262 g/mol. The van der Waals surface area contributed by atoms with Crippen molar-refractivity contribution in [3.05, 3.63) is 22.5 Å². The van der Waals surface area contributed by atoms with Crippen molar-refractivity contribution in [3.63, 3.8) is 0 Å². The Morgan fingerprint density at radius 1 is 1.30 bits per heavy atom. The SMILES string of the molecule is CCOC(=O)NNC(=O)c1[nH]c2c(c1C)C(=O)CCC2. The van der Waals surface area contributed by atoms with Crippen molar-refractivity contribution in [3.8, 4) is 0 Å². The van der Waals surface area contributed by atoms with E-state index in [2.05, 4.69) is 20.6 Å². The molecule has 0 bridgehead atoms. The molecule has 0 unspecified atom stereocenters. The van der Waals surface area contributed by atoms with Crippen molar-refractivity contribution < 1.29 is 19.1 Å². The van der Waals surface area contributed by atoms with Crippen molar-refractivity contribution in [2.45, 2.75) is 33.1 Å². The molecule has 7 nitrogen and oxygen atoms in total. The van der Waals surface area contributed by atoms with E-state index in [1.807, 2.05) is 0 Å². The van der Waals surface area contributed by atoms with Gasteiger partial charge in [0.1, 0.15) is 5.69 Å². The predicted octanol–water partition coefficient (Wildman–Crippen LogP) is 1.23. The maximum Gasteiger partial charge on any atom is 0.426 e. The Kier molecular flexibility index (Phi) is 4.07. The molecule has 1 aromatic rings. The van der Waals surface area contributed by atoms with Crippen LogP contribution in [0.15, 0.2) is 0 Å². The fourth-order valence-electron chi connectivity index (χ4n) is 2.34. The van der Waals surface area contributed by atoms with Crippen LogP contribution >= 0.6 is 0 Å². The molecule has 0 spiro atoms. The van der Waals surface area contributed by atoms with Gasteiger partial charge in [-0.1, -0.05) is 0 Å². The fourth-order valence-corrected chi connectivity index (χ4v) is 2.34. The van der Waals surface area contributed by atoms with Crippen LogP contribution in [0, 0.1) is 6.92 Å². The zero-order valence-corrected chi connectivity index (χ0v) is 11.5. The van der Waals surface area contributed by atoms with E-state index in [1.165, 1.54) is 0 Å². The van der Waals surface area contributed by atoms with E-state index in [0.717, 1.165) is 18.5 Å². The summed E-state index contributed by atoms with van der Waals surface area (Å²) >= 11 is 0. The normalized spacial score (nSPS) is 13.6. The van der Waals surface area contributed by atoms with Crippen molar-refractivity contribution >= 4 is 17.8 Å². The summed E-state index contributed by atoms with van der Waals surface area (Å²) < 4.78 is 4.63. The van der Waals surface area contributed by atoms with Gasteiger partial charge in [-0.05, 0) is 32.3 Å². The topological polar surface area (TPSA) is 100 Å². The minimum absolute atomic E-state index is 0.0531. The summed E-state index contributed by atoms with van der Waals surface area (Å²) in [5, 5.41) is 0. The molecular formula is C13H17N3O4. The molecule has 0 aromatic carbocycles. The van der Waals surface area contributed by atoms with Gasteiger partial charge < -0.3 is 9.72 Å². The van der Waals surface area contributed by atoms with E-state index in [4.69, 9.17) is 0 Å². The summed E-state index contributed by atoms with van der Waals surface area (Å²) in [6.07, 6.45) is 1.31. The summed E-state index contributed by atoms with van der Waals surface area (Å²) in [4.78, 5) is 37.9. The van der Waals surface area contributed by atoms with E-state index in [0.29, 0.717) is 23.2 Å². The Hall–Kier alpha value is -2.31. The number of Topliss-reactive ketones (excluding diaryl/α,β-unsaturated/α-hetero) is 1. The molecule has 0 aliphatic heterocycles. The number of amides is 2. The molecule has 1 aliphatic rings. The molecule has 20 heavy (non-hydrogen) atoms. The Bertz CT molecular complexity index is 562. The summed E-state index contributed by atoms with van der Waals surface area (Å²) in [7, 11) is 0.